The van der Waals surface area contributed by atoms with Gasteiger partial charge in [0.1, 0.15) is 0 Å². The number of rotatable bonds is 3. The molecule has 0 aliphatic heterocycles. The van der Waals surface area contributed by atoms with Gasteiger partial charge in [-0.25, -0.2) is 4.79 Å². The number of nitrogens with zero attached hydrogens (tertiary/aromatic N) is 2. The van der Waals surface area contributed by atoms with Gasteiger partial charge in [0.15, 0.2) is 0 Å². The monoisotopic (exact) mass is 264 g/mol. The Morgan fingerprint density at radius 1 is 1.32 bits per heavy atom. The molecule has 1 aliphatic carbocycles. The van der Waals surface area contributed by atoms with Crippen LogP contribution in [0.15, 0.2) is 24.3 Å². The Hall–Kier alpha value is -2.11. The first-order valence-electron chi connectivity index (χ1n) is 6.19. The van der Waals surface area contributed by atoms with Crippen molar-refractivity contribution in [3.63, 3.8) is 0 Å². The van der Waals surface area contributed by atoms with E-state index in [1.54, 1.807) is 19.2 Å². The molecule has 1 aromatic rings. The van der Waals surface area contributed by atoms with Crippen molar-refractivity contribution in [2.45, 2.75) is 31.2 Å². The lowest BCUT2D eigenvalue weighted by molar-refractivity contribution is -0.384. The molecule has 1 amide bonds. The van der Waals surface area contributed by atoms with Gasteiger partial charge in [-0.3, -0.25) is 10.1 Å². The van der Waals surface area contributed by atoms with E-state index in [9.17, 15) is 20.0 Å². The van der Waals surface area contributed by atoms with E-state index in [1.807, 2.05) is 0 Å². The van der Waals surface area contributed by atoms with E-state index in [4.69, 9.17) is 0 Å². The molecule has 1 aliphatic rings. The number of nitro groups is 1. The minimum atomic E-state index is -0.972. The molecular formula is C13H16N2O4. The highest BCUT2D eigenvalue weighted by Crippen LogP contribution is 2.43. The third-order valence-electron chi connectivity index (χ3n) is 3.98. The molecule has 0 spiro atoms. The SMILES string of the molecule is CN(C(=O)O)C1(c2ccc([N+](=O)[O-])cc2)CCCC1. The van der Waals surface area contributed by atoms with Crippen molar-refractivity contribution in [3.05, 3.63) is 39.9 Å². The zero-order chi connectivity index (χ0) is 14.0. The van der Waals surface area contributed by atoms with Crippen LogP contribution < -0.4 is 0 Å². The van der Waals surface area contributed by atoms with Crippen LogP contribution in [0.5, 0.6) is 0 Å². The number of nitro benzene ring substituents is 1. The molecule has 0 bridgehead atoms. The molecule has 0 heterocycles. The highest BCUT2D eigenvalue weighted by Gasteiger charge is 2.41. The highest BCUT2D eigenvalue weighted by molar-refractivity contribution is 5.66. The number of hydrogen-bond acceptors (Lipinski definition) is 3. The molecule has 0 aromatic heterocycles. The first-order chi connectivity index (χ1) is 8.97. The second-order valence-electron chi connectivity index (χ2n) is 4.88. The third kappa shape index (κ3) is 2.25. The summed E-state index contributed by atoms with van der Waals surface area (Å²) in [7, 11) is 1.56. The third-order valence-corrected chi connectivity index (χ3v) is 3.98. The normalized spacial score (nSPS) is 17.1. The van der Waals surface area contributed by atoms with E-state index in [0.717, 1.165) is 31.2 Å². The van der Waals surface area contributed by atoms with Crippen LogP contribution >= 0.6 is 0 Å². The van der Waals surface area contributed by atoms with Gasteiger partial charge in [-0.15, -0.1) is 0 Å². The number of carboxylic acid groups (broad SMARTS) is 1. The van der Waals surface area contributed by atoms with Crippen molar-refractivity contribution in [2.75, 3.05) is 7.05 Å². The lowest BCUT2D eigenvalue weighted by Gasteiger charge is -2.37. The average Bonchev–Trinajstić information content (AvgIpc) is 2.88. The number of amides is 1. The standard InChI is InChI=1S/C13H16N2O4/c1-14(12(16)17)13(8-2-3-9-13)10-4-6-11(7-5-10)15(18)19/h4-7H,2-3,8-9H2,1H3,(H,16,17). The summed E-state index contributed by atoms with van der Waals surface area (Å²) < 4.78 is 0. The Labute approximate surface area is 110 Å². The minimum Gasteiger partial charge on any atom is -0.465 e. The molecular weight excluding hydrogens is 248 g/mol. The van der Waals surface area contributed by atoms with Crippen LogP contribution in [0.4, 0.5) is 10.5 Å². The van der Waals surface area contributed by atoms with Crippen LogP contribution in [0, 0.1) is 10.1 Å². The first-order valence-corrected chi connectivity index (χ1v) is 6.19. The van der Waals surface area contributed by atoms with E-state index in [1.165, 1.54) is 17.0 Å². The van der Waals surface area contributed by atoms with Gasteiger partial charge in [0.05, 0.1) is 10.5 Å². The zero-order valence-electron chi connectivity index (χ0n) is 10.7. The summed E-state index contributed by atoms with van der Waals surface area (Å²) in [5, 5.41) is 19.9. The number of hydrogen-bond donors (Lipinski definition) is 1. The van der Waals surface area contributed by atoms with Gasteiger partial charge in [-0.2, -0.15) is 0 Å². The van der Waals surface area contributed by atoms with Crippen LogP contribution in [0.1, 0.15) is 31.2 Å². The summed E-state index contributed by atoms with van der Waals surface area (Å²) in [6.07, 6.45) is 2.48. The topological polar surface area (TPSA) is 83.7 Å². The summed E-state index contributed by atoms with van der Waals surface area (Å²) >= 11 is 0. The molecule has 2 rings (SSSR count). The molecule has 0 radical (unpaired) electrons. The summed E-state index contributed by atoms with van der Waals surface area (Å²) in [5.41, 5.74) is 0.316. The number of non-ortho nitro benzene ring substituents is 1. The van der Waals surface area contributed by atoms with Crippen LogP contribution in [0.2, 0.25) is 0 Å². The predicted octanol–water partition coefficient (Wildman–Crippen LogP) is 2.97. The van der Waals surface area contributed by atoms with Crippen molar-refractivity contribution in [2.24, 2.45) is 0 Å². The van der Waals surface area contributed by atoms with Gasteiger partial charge in [0, 0.05) is 19.2 Å². The maximum absolute atomic E-state index is 11.3. The lowest BCUT2D eigenvalue weighted by atomic mass is 9.86. The maximum Gasteiger partial charge on any atom is 0.407 e. The van der Waals surface area contributed by atoms with E-state index >= 15 is 0 Å². The van der Waals surface area contributed by atoms with Crippen LogP contribution in [-0.4, -0.2) is 28.1 Å². The van der Waals surface area contributed by atoms with Gasteiger partial charge < -0.3 is 10.0 Å². The van der Waals surface area contributed by atoms with E-state index < -0.39 is 16.6 Å². The van der Waals surface area contributed by atoms with Gasteiger partial charge in [-0.1, -0.05) is 12.8 Å². The molecule has 1 N–H and O–H groups in total. The van der Waals surface area contributed by atoms with Crippen LogP contribution in [0.25, 0.3) is 0 Å². The van der Waals surface area contributed by atoms with Gasteiger partial charge in [0.25, 0.3) is 5.69 Å². The number of carbonyl (C=O) groups is 1. The summed E-state index contributed by atoms with van der Waals surface area (Å²) in [5.74, 6) is 0. The fourth-order valence-corrected chi connectivity index (χ4v) is 2.85. The van der Waals surface area contributed by atoms with E-state index in [2.05, 4.69) is 0 Å². The highest BCUT2D eigenvalue weighted by atomic mass is 16.6. The molecule has 0 saturated heterocycles. The molecule has 0 unspecified atom stereocenters. The fourth-order valence-electron chi connectivity index (χ4n) is 2.85. The maximum atomic E-state index is 11.3. The van der Waals surface area contributed by atoms with Gasteiger partial charge in [0.2, 0.25) is 0 Å². The van der Waals surface area contributed by atoms with E-state index in [-0.39, 0.29) is 5.69 Å². The van der Waals surface area contributed by atoms with Crippen molar-refractivity contribution >= 4 is 11.8 Å². The molecule has 1 aromatic carbocycles. The Balaban J connectivity index is 2.39. The Morgan fingerprint density at radius 3 is 2.26 bits per heavy atom. The van der Waals surface area contributed by atoms with Gasteiger partial charge in [-0.05, 0) is 30.5 Å². The molecule has 1 fully saturated rings. The smallest absolute Gasteiger partial charge is 0.407 e. The summed E-state index contributed by atoms with van der Waals surface area (Å²) in [6, 6.07) is 6.21. The van der Waals surface area contributed by atoms with Crippen molar-refractivity contribution in [1.82, 2.24) is 4.90 Å². The molecule has 6 nitrogen and oxygen atoms in total. The summed E-state index contributed by atoms with van der Waals surface area (Å²) in [4.78, 5) is 22.8. The largest absolute Gasteiger partial charge is 0.465 e. The zero-order valence-corrected chi connectivity index (χ0v) is 10.7. The quantitative estimate of drug-likeness (QED) is 0.672. The van der Waals surface area contributed by atoms with Crippen LogP contribution in [-0.2, 0) is 5.54 Å². The van der Waals surface area contributed by atoms with Gasteiger partial charge >= 0.3 is 6.09 Å². The minimum absolute atomic E-state index is 0.0230. The Kier molecular flexibility index (Phi) is 3.42. The fraction of sp³-hybridized carbons (Fsp3) is 0.462. The van der Waals surface area contributed by atoms with Crippen molar-refractivity contribution in [3.8, 4) is 0 Å². The van der Waals surface area contributed by atoms with Crippen molar-refractivity contribution < 1.29 is 14.8 Å². The molecule has 0 atom stereocenters. The number of benzene rings is 1. The average molecular weight is 264 g/mol. The lowest BCUT2D eigenvalue weighted by Crippen LogP contribution is -2.44. The van der Waals surface area contributed by atoms with Crippen LogP contribution in [0.3, 0.4) is 0 Å². The second-order valence-corrected chi connectivity index (χ2v) is 4.88. The summed E-state index contributed by atoms with van der Waals surface area (Å²) in [6.45, 7) is 0. The molecule has 19 heavy (non-hydrogen) atoms. The second kappa shape index (κ2) is 4.87. The molecule has 1 saturated carbocycles. The Bertz CT molecular complexity index is 492. The Morgan fingerprint density at radius 2 is 1.84 bits per heavy atom. The predicted molar refractivity (Wildman–Crippen MR) is 69.0 cm³/mol. The molecule has 102 valence electrons. The van der Waals surface area contributed by atoms with E-state index in [0.29, 0.717) is 0 Å². The first kappa shape index (κ1) is 13.3. The molecule has 6 heteroatoms. The van der Waals surface area contributed by atoms with Crippen molar-refractivity contribution in [1.29, 1.82) is 0 Å².